The summed E-state index contributed by atoms with van der Waals surface area (Å²) in [6, 6.07) is 14.6. The van der Waals surface area contributed by atoms with Gasteiger partial charge in [-0.15, -0.1) is 0 Å². The van der Waals surface area contributed by atoms with Crippen LogP contribution in [0.3, 0.4) is 0 Å². The largest absolute Gasteiger partial charge is 0.334 e. The second kappa shape index (κ2) is 9.10. The van der Waals surface area contributed by atoms with Crippen molar-refractivity contribution >= 4 is 17.8 Å². The Morgan fingerprint density at radius 2 is 1.72 bits per heavy atom. The van der Waals surface area contributed by atoms with Gasteiger partial charge >= 0.3 is 6.03 Å². The predicted molar refractivity (Wildman–Crippen MR) is 118 cm³/mol. The van der Waals surface area contributed by atoms with E-state index in [1.165, 1.54) is 12.1 Å². The molecule has 4 amide bonds. The van der Waals surface area contributed by atoms with Crippen LogP contribution < -0.4 is 5.32 Å². The summed E-state index contributed by atoms with van der Waals surface area (Å²) in [4.78, 5) is 42.0. The fraction of sp³-hybridized carbons (Fsp3) is 0.400. The van der Waals surface area contributed by atoms with Crippen LogP contribution in [0, 0.1) is 5.82 Å². The van der Waals surface area contributed by atoms with Crippen LogP contribution in [0.15, 0.2) is 54.6 Å². The Morgan fingerprint density at radius 3 is 2.38 bits per heavy atom. The smallest absolute Gasteiger partial charge is 0.325 e. The van der Waals surface area contributed by atoms with E-state index in [1.807, 2.05) is 6.07 Å². The number of carbonyl (C=O) groups excluding carboxylic acids is 3. The minimum Gasteiger partial charge on any atom is -0.334 e. The third-order valence-electron chi connectivity index (χ3n) is 6.52. The highest BCUT2D eigenvalue weighted by Gasteiger charge is 2.49. The Balaban J connectivity index is 1.54. The number of nitrogens with zero attached hydrogens (tertiary/aromatic N) is 2. The van der Waals surface area contributed by atoms with E-state index >= 15 is 0 Å². The number of imide groups is 1. The summed E-state index contributed by atoms with van der Waals surface area (Å²) in [5, 5.41) is 2.75. The number of hydrogen-bond acceptors (Lipinski definition) is 3. The minimum atomic E-state index is -1.20. The normalized spacial score (nSPS) is 21.5. The monoisotopic (exact) mass is 437 g/mol. The van der Waals surface area contributed by atoms with Gasteiger partial charge < -0.3 is 10.2 Å². The van der Waals surface area contributed by atoms with Crippen LogP contribution in [0.25, 0.3) is 0 Å². The average molecular weight is 438 g/mol. The summed E-state index contributed by atoms with van der Waals surface area (Å²) >= 11 is 0. The quantitative estimate of drug-likeness (QED) is 0.696. The molecule has 4 rings (SSSR count). The van der Waals surface area contributed by atoms with Gasteiger partial charge in [0.05, 0.1) is 0 Å². The third kappa shape index (κ3) is 4.38. The summed E-state index contributed by atoms with van der Waals surface area (Å²) in [5.74, 6) is -1.04. The van der Waals surface area contributed by atoms with Gasteiger partial charge in [-0.3, -0.25) is 14.5 Å². The Labute approximate surface area is 187 Å². The van der Waals surface area contributed by atoms with Crippen molar-refractivity contribution in [2.45, 2.75) is 57.2 Å². The van der Waals surface area contributed by atoms with Crippen molar-refractivity contribution in [1.82, 2.24) is 15.1 Å². The number of halogens is 1. The molecule has 0 bridgehead atoms. The van der Waals surface area contributed by atoms with Crippen molar-refractivity contribution in [2.75, 3.05) is 6.54 Å². The third-order valence-corrected chi connectivity index (χ3v) is 6.52. The molecule has 2 fully saturated rings. The van der Waals surface area contributed by atoms with Crippen molar-refractivity contribution in [1.29, 1.82) is 0 Å². The molecule has 7 heteroatoms. The lowest BCUT2D eigenvalue weighted by molar-refractivity contribution is -0.141. The van der Waals surface area contributed by atoms with E-state index in [-0.39, 0.29) is 24.3 Å². The molecule has 0 spiro atoms. The summed E-state index contributed by atoms with van der Waals surface area (Å²) in [6.07, 6.45) is 4.97. The van der Waals surface area contributed by atoms with Gasteiger partial charge in [-0.05, 0) is 43.0 Å². The number of hydrogen-bond donors (Lipinski definition) is 1. The highest BCUT2D eigenvalue weighted by atomic mass is 19.1. The van der Waals surface area contributed by atoms with E-state index in [2.05, 4.69) is 5.32 Å². The number of rotatable bonds is 6. The maximum absolute atomic E-state index is 13.4. The Morgan fingerprint density at radius 1 is 1.06 bits per heavy atom. The Hall–Kier alpha value is -3.22. The molecule has 168 valence electrons. The fourth-order valence-corrected chi connectivity index (χ4v) is 4.63. The number of nitrogens with one attached hydrogen (secondary N) is 1. The van der Waals surface area contributed by atoms with Crippen LogP contribution in [0.2, 0.25) is 0 Å². The lowest BCUT2D eigenvalue weighted by atomic mass is 9.92. The van der Waals surface area contributed by atoms with Crippen molar-refractivity contribution in [3.05, 3.63) is 71.5 Å². The molecule has 1 atom stereocenters. The van der Waals surface area contributed by atoms with E-state index < -0.39 is 17.5 Å². The maximum atomic E-state index is 13.4. The molecule has 1 heterocycles. The van der Waals surface area contributed by atoms with Gasteiger partial charge in [-0.2, -0.15) is 0 Å². The van der Waals surface area contributed by atoms with Crippen LogP contribution in [0.1, 0.15) is 50.2 Å². The lowest BCUT2D eigenvalue weighted by Gasteiger charge is -2.35. The molecule has 1 aliphatic carbocycles. The van der Waals surface area contributed by atoms with Gasteiger partial charge in [0.25, 0.3) is 5.91 Å². The van der Waals surface area contributed by atoms with Crippen molar-refractivity contribution in [2.24, 2.45) is 0 Å². The first kappa shape index (κ1) is 22.0. The molecule has 2 aliphatic rings. The fourth-order valence-electron chi connectivity index (χ4n) is 4.63. The number of carbonyl (C=O) groups is 3. The molecule has 2 aromatic carbocycles. The lowest BCUT2D eigenvalue weighted by Crippen LogP contribution is -2.48. The van der Waals surface area contributed by atoms with Gasteiger partial charge in [0, 0.05) is 12.6 Å². The molecule has 0 radical (unpaired) electrons. The van der Waals surface area contributed by atoms with Gasteiger partial charge in [-0.1, -0.05) is 61.7 Å². The van der Waals surface area contributed by atoms with Crippen LogP contribution in [-0.2, 0) is 21.7 Å². The maximum Gasteiger partial charge on any atom is 0.325 e. The first-order chi connectivity index (χ1) is 15.4. The zero-order valence-corrected chi connectivity index (χ0v) is 18.2. The van der Waals surface area contributed by atoms with E-state index in [1.54, 1.807) is 48.2 Å². The highest BCUT2D eigenvalue weighted by molar-refractivity contribution is 6.09. The molecule has 1 saturated carbocycles. The van der Waals surface area contributed by atoms with Gasteiger partial charge in [0.2, 0.25) is 5.91 Å². The van der Waals surface area contributed by atoms with Crippen LogP contribution in [-0.4, -0.2) is 40.2 Å². The second-order valence-corrected chi connectivity index (χ2v) is 8.75. The van der Waals surface area contributed by atoms with Crippen LogP contribution in [0.4, 0.5) is 9.18 Å². The van der Waals surface area contributed by atoms with Crippen molar-refractivity contribution in [3.63, 3.8) is 0 Å². The predicted octanol–water partition coefficient (Wildman–Crippen LogP) is 3.95. The van der Waals surface area contributed by atoms with Crippen molar-refractivity contribution < 1.29 is 18.8 Å². The SMILES string of the molecule is C[C@]1(c2ccccc2)NC(=O)N(CC(=O)N(Cc2ccc(F)cc2)C2CCCCC2)C1=O. The molecule has 0 unspecified atom stereocenters. The number of urea groups is 1. The molecule has 1 N–H and O–H groups in total. The van der Waals surface area contributed by atoms with Gasteiger partial charge in [0.1, 0.15) is 17.9 Å². The summed E-state index contributed by atoms with van der Waals surface area (Å²) in [6.45, 7) is 1.67. The van der Waals surface area contributed by atoms with Gasteiger partial charge in [0.15, 0.2) is 0 Å². The molecule has 2 aromatic rings. The number of amides is 4. The molecule has 1 aliphatic heterocycles. The van der Waals surface area contributed by atoms with Crippen LogP contribution in [0.5, 0.6) is 0 Å². The summed E-state index contributed by atoms with van der Waals surface area (Å²) < 4.78 is 13.3. The van der Waals surface area contributed by atoms with Crippen molar-refractivity contribution in [3.8, 4) is 0 Å². The second-order valence-electron chi connectivity index (χ2n) is 8.75. The standard InChI is InChI=1S/C25H28FN3O3/c1-25(19-8-4-2-5-9-19)23(31)29(24(32)27-25)17-22(30)28(21-10-6-3-7-11-21)16-18-12-14-20(26)15-13-18/h2,4-5,8-9,12-15,21H,3,6-7,10-11,16-17H2,1H3,(H,27,32)/t25-/m1/s1. The molecule has 32 heavy (non-hydrogen) atoms. The number of benzene rings is 2. The first-order valence-electron chi connectivity index (χ1n) is 11.1. The van der Waals surface area contributed by atoms with E-state index in [0.29, 0.717) is 12.1 Å². The summed E-state index contributed by atoms with van der Waals surface area (Å²) in [5.41, 5.74) is 0.283. The molecular weight excluding hydrogens is 409 g/mol. The average Bonchev–Trinajstić information content (AvgIpc) is 3.03. The molecule has 0 aromatic heterocycles. The minimum absolute atomic E-state index is 0.0441. The molecule has 1 saturated heterocycles. The Bertz CT molecular complexity index is 989. The van der Waals surface area contributed by atoms with Crippen LogP contribution >= 0.6 is 0 Å². The van der Waals surface area contributed by atoms with Gasteiger partial charge in [-0.25, -0.2) is 9.18 Å². The first-order valence-corrected chi connectivity index (χ1v) is 11.1. The molecule has 6 nitrogen and oxygen atoms in total. The zero-order valence-electron chi connectivity index (χ0n) is 18.2. The summed E-state index contributed by atoms with van der Waals surface area (Å²) in [7, 11) is 0. The Kier molecular flexibility index (Phi) is 6.26. The zero-order chi connectivity index (χ0) is 22.7. The highest BCUT2D eigenvalue weighted by Crippen LogP contribution is 2.29. The molecular formula is C25H28FN3O3. The van der Waals surface area contributed by atoms with E-state index in [0.717, 1.165) is 42.6 Å². The topological polar surface area (TPSA) is 69.7 Å². The van der Waals surface area contributed by atoms with E-state index in [9.17, 15) is 18.8 Å². The van der Waals surface area contributed by atoms with E-state index in [4.69, 9.17) is 0 Å².